The topological polar surface area (TPSA) is 52.5 Å². The molecule has 0 radical (unpaired) electrons. The van der Waals surface area contributed by atoms with E-state index in [-0.39, 0.29) is 6.10 Å². The lowest BCUT2D eigenvalue weighted by Crippen LogP contribution is -2.46. The zero-order chi connectivity index (χ0) is 20.6. The lowest BCUT2D eigenvalue weighted by atomic mass is 9.79. The van der Waals surface area contributed by atoms with E-state index >= 15 is 0 Å². The summed E-state index contributed by atoms with van der Waals surface area (Å²) in [5, 5.41) is 10.6. The van der Waals surface area contributed by atoms with Crippen LogP contribution in [0.1, 0.15) is 44.9 Å². The summed E-state index contributed by atoms with van der Waals surface area (Å²) in [5.41, 5.74) is 2.47. The molecular weight excluding hydrogens is 396 g/mol. The van der Waals surface area contributed by atoms with E-state index in [0.29, 0.717) is 11.5 Å². The maximum absolute atomic E-state index is 9.84. The van der Waals surface area contributed by atoms with Gasteiger partial charge in [0.25, 0.3) is 0 Å². The van der Waals surface area contributed by atoms with E-state index in [9.17, 15) is 5.11 Å². The van der Waals surface area contributed by atoms with E-state index in [2.05, 4.69) is 14.8 Å². The normalized spacial score (nSPS) is 30.1. The predicted molar refractivity (Wildman–Crippen MR) is 121 cm³/mol. The Morgan fingerprint density at radius 1 is 1.00 bits per heavy atom. The maximum Gasteiger partial charge on any atom is 0.147 e. The van der Waals surface area contributed by atoms with Crippen LogP contribution >= 0.6 is 11.6 Å². The highest BCUT2D eigenvalue weighted by Gasteiger charge is 2.44. The van der Waals surface area contributed by atoms with Crippen LogP contribution < -0.4 is 4.90 Å². The van der Waals surface area contributed by atoms with Gasteiger partial charge in [-0.05, 0) is 75.3 Å². The first-order chi connectivity index (χ1) is 14.6. The first-order valence-electron chi connectivity index (χ1n) is 11.3. The van der Waals surface area contributed by atoms with Gasteiger partial charge in [-0.2, -0.15) is 0 Å². The molecule has 2 aromatic rings. The summed E-state index contributed by atoms with van der Waals surface area (Å²) in [6, 6.07) is 6.67. The third kappa shape index (κ3) is 4.08. The Kier molecular flexibility index (Phi) is 5.69. The standard InChI is InChI=1S/C24H31ClN4O/c25-22-14-19(18-6-10-26-11-7-18)15-27-23(22)29-12-1-8-24(17-29)9-13-28(16-24)20-2-4-21(30)5-3-20/h6-7,10-11,14-15,20-21,30H,1-5,8-9,12-13,16-17H2/t20-,21-,24-/m1/s1. The molecule has 6 heteroatoms. The van der Waals surface area contributed by atoms with Crippen molar-refractivity contribution >= 4 is 17.4 Å². The number of likely N-dealkylation sites (tertiary alicyclic amines) is 1. The van der Waals surface area contributed by atoms with Gasteiger partial charge < -0.3 is 10.0 Å². The number of aliphatic hydroxyl groups is 1. The lowest BCUT2D eigenvalue weighted by Gasteiger charge is -2.42. The molecular formula is C24H31ClN4O. The molecule has 2 aromatic heterocycles. The van der Waals surface area contributed by atoms with Crippen molar-refractivity contribution in [2.24, 2.45) is 5.41 Å². The highest BCUT2D eigenvalue weighted by atomic mass is 35.5. The summed E-state index contributed by atoms with van der Waals surface area (Å²) >= 11 is 6.72. The number of piperidine rings is 1. The Bertz CT molecular complexity index is 871. The Morgan fingerprint density at radius 3 is 2.57 bits per heavy atom. The van der Waals surface area contributed by atoms with Crippen molar-refractivity contribution in [2.75, 3.05) is 31.1 Å². The Morgan fingerprint density at radius 2 is 1.80 bits per heavy atom. The Labute approximate surface area is 184 Å². The Hall–Kier alpha value is -1.69. The number of hydrogen-bond acceptors (Lipinski definition) is 5. The van der Waals surface area contributed by atoms with Crippen molar-refractivity contribution < 1.29 is 5.11 Å². The van der Waals surface area contributed by atoms with Crippen molar-refractivity contribution in [1.29, 1.82) is 0 Å². The number of aromatic nitrogens is 2. The van der Waals surface area contributed by atoms with E-state index in [1.165, 1.54) is 32.4 Å². The van der Waals surface area contributed by atoms with Crippen LogP contribution in [0.25, 0.3) is 11.1 Å². The summed E-state index contributed by atoms with van der Waals surface area (Å²) in [6.45, 7) is 4.44. The van der Waals surface area contributed by atoms with Crippen LogP contribution in [0.5, 0.6) is 0 Å². The molecule has 1 N–H and O–H groups in total. The second-order valence-electron chi connectivity index (χ2n) is 9.47. The van der Waals surface area contributed by atoms with Gasteiger partial charge in [0.05, 0.1) is 11.1 Å². The average Bonchev–Trinajstić information content (AvgIpc) is 3.17. The van der Waals surface area contributed by atoms with Crippen LogP contribution in [0.15, 0.2) is 36.8 Å². The minimum Gasteiger partial charge on any atom is -0.393 e. The van der Waals surface area contributed by atoms with Gasteiger partial charge in [-0.15, -0.1) is 0 Å². The van der Waals surface area contributed by atoms with E-state index in [1.807, 2.05) is 24.4 Å². The molecule has 30 heavy (non-hydrogen) atoms. The monoisotopic (exact) mass is 426 g/mol. The molecule has 0 amide bonds. The van der Waals surface area contributed by atoms with Crippen LogP contribution in [0.2, 0.25) is 5.02 Å². The van der Waals surface area contributed by atoms with E-state index in [0.717, 1.165) is 60.7 Å². The van der Waals surface area contributed by atoms with E-state index in [1.54, 1.807) is 12.4 Å². The van der Waals surface area contributed by atoms with Gasteiger partial charge in [0.15, 0.2) is 0 Å². The quantitative estimate of drug-likeness (QED) is 0.788. The molecule has 1 saturated carbocycles. The van der Waals surface area contributed by atoms with E-state index < -0.39 is 0 Å². The summed E-state index contributed by atoms with van der Waals surface area (Å²) in [7, 11) is 0. The van der Waals surface area contributed by atoms with Gasteiger partial charge in [0, 0.05) is 55.2 Å². The number of halogens is 1. The third-order valence-corrected chi connectivity index (χ3v) is 7.72. The van der Waals surface area contributed by atoms with Crippen molar-refractivity contribution in [3.63, 3.8) is 0 Å². The summed E-state index contributed by atoms with van der Waals surface area (Å²) < 4.78 is 0. The number of rotatable bonds is 3. The maximum atomic E-state index is 9.84. The molecule has 0 aromatic carbocycles. The van der Waals surface area contributed by atoms with Gasteiger partial charge in [-0.3, -0.25) is 9.88 Å². The van der Waals surface area contributed by atoms with Crippen LogP contribution in [-0.4, -0.2) is 58.3 Å². The van der Waals surface area contributed by atoms with Crippen molar-refractivity contribution in [2.45, 2.75) is 57.1 Å². The first kappa shape index (κ1) is 20.2. The van der Waals surface area contributed by atoms with E-state index in [4.69, 9.17) is 16.6 Å². The van der Waals surface area contributed by atoms with Crippen LogP contribution in [0.3, 0.4) is 0 Å². The third-order valence-electron chi connectivity index (χ3n) is 7.45. The lowest BCUT2D eigenvalue weighted by molar-refractivity contribution is 0.0770. The molecule has 1 aliphatic carbocycles. The predicted octanol–water partition coefficient (Wildman–Crippen LogP) is 4.39. The fourth-order valence-corrected chi connectivity index (χ4v) is 6.08. The zero-order valence-corrected chi connectivity index (χ0v) is 18.3. The molecule has 5 rings (SSSR count). The molecule has 1 spiro atoms. The van der Waals surface area contributed by atoms with Crippen LogP contribution in [0, 0.1) is 5.41 Å². The largest absolute Gasteiger partial charge is 0.393 e. The molecule has 3 fully saturated rings. The number of hydrogen-bond donors (Lipinski definition) is 1. The number of pyridine rings is 2. The van der Waals surface area contributed by atoms with Crippen LogP contribution in [0.4, 0.5) is 5.82 Å². The van der Waals surface area contributed by atoms with Crippen molar-refractivity contribution in [3.8, 4) is 11.1 Å². The highest BCUT2D eigenvalue weighted by Crippen LogP contribution is 2.43. The second kappa shape index (κ2) is 8.45. The molecule has 1 atom stereocenters. The molecule has 2 saturated heterocycles. The minimum absolute atomic E-state index is 0.0775. The molecule has 3 aliphatic rings. The number of anilines is 1. The number of aliphatic hydroxyl groups excluding tert-OH is 1. The minimum atomic E-state index is -0.0775. The average molecular weight is 427 g/mol. The molecule has 2 aliphatic heterocycles. The second-order valence-corrected chi connectivity index (χ2v) is 9.88. The molecule has 5 nitrogen and oxygen atoms in total. The van der Waals surface area contributed by atoms with Gasteiger partial charge in [-0.25, -0.2) is 4.98 Å². The van der Waals surface area contributed by atoms with Crippen molar-refractivity contribution in [1.82, 2.24) is 14.9 Å². The van der Waals surface area contributed by atoms with Gasteiger partial charge in [-0.1, -0.05) is 11.6 Å². The zero-order valence-electron chi connectivity index (χ0n) is 17.5. The molecule has 160 valence electrons. The van der Waals surface area contributed by atoms with Gasteiger partial charge >= 0.3 is 0 Å². The first-order valence-corrected chi connectivity index (χ1v) is 11.7. The molecule has 4 heterocycles. The summed E-state index contributed by atoms with van der Waals surface area (Å²) in [4.78, 5) is 14.0. The van der Waals surface area contributed by atoms with Gasteiger partial charge in [0.1, 0.15) is 5.82 Å². The summed E-state index contributed by atoms with van der Waals surface area (Å²) in [5.74, 6) is 0.924. The highest BCUT2D eigenvalue weighted by molar-refractivity contribution is 6.33. The molecule has 0 unspecified atom stereocenters. The molecule has 0 bridgehead atoms. The SMILES string of the molecule is O[C@H]1CC[C@H](N2CC[C@]3(CCCN(c4ncc(-c5ccncc5)cc4Cl)C3)C2)CC1. The fraction of sp³-hybridized carbons (Fsp3) is 0.583. The van der Waals surface area contributed by atoms with Crippen LogP contribution in [-0.2, 0) is 0 Å². The summed E-state index contributed by atoms with van der Waals surface area (Å²) in [6.07, 6.45) is 13.4. The Balaban J connectivity index is 1.29. The number of nitrogens with zero attached hydrogens (tertiary/aromatic N) is 4. The van der Waals surface area contributed by atoms with Crippen molar-refractivity contribution in [3.05, 3.63) is 41.8 Å². The van der Waals surface area contributed by atoms with Gasteiger partial charge in [0.2, 0.25) is 0 Å². The smallest absolute Gasteiger partial charge is 0.147 e. The fourth-order valence-electron chi connectivity index (χ4n) is 5.79.